The standard InChI is InChI=1S/C11H14FNO3S/c1-6-8(3-4-13-11(6)12)10(16)9(15)5-17-7(2)14/h3-4,9-10,15-16H,5H2,1-2H3. The first-order valence-corrected chi connectivity index (χ1v) is 6.02. The maximum Gasteiger partial charge on any atom is 0.216 e. The van der Waals surface area contributed by atoms with Crippen molar-refractivity contribution < 1.29 is 19.4 Å². The fourth-order valence-corrected chi connectivity index (χ4v) is 1.93. The fraction of sp³-hybridized carbons (Fsp3) is 0.455. The Hall–Kier alpha value is -0.980. The first-order valence-electron chi connectivity index (χ1n) is 5.04. The first kappa shape index (κ1) is 14.1. The van der Waals surface area contributed by atoms with Crippen LogP contribution in [0.4, 0.5) is 4.39 Å². The highest BCUT2D eigenvalue weighted by Crippen LogP contribution is 2.23. The molecule has 0 aliphatic carbocycles. The zero-order valence-corrected chi connectivity index (χ0v) is 10.4. The largest absolute Gasteiger partial charge is 0.389 e. The van der Waals surface area contributed by atoms with Gasteiger partial charge in [-0.2, -0.15) is 4.39 Å². The molecule has 2 unspecified atom stereocenters. The lowest BCUT2D eigenvalue weighted by Crippen LogP contribution is -2.22. The van der Waals surface area contributed by atoms with Crippen molar-refractivity contribution in [3.05, 3.63) is 29.3 Å². The summed E-state index contributed by atoms with van der Waals surface area (Å²) in [6.07, 6.45) is -1.12. The van der Waals surface area contributed by atoms with E-state index in [0.29, 0.717) is 0 Å². The predicted molar refractivity (Wildman–Crippen MR) is 63.0 cm³/mol. The van der Waals surface area contributed by atoms with Crippen LogP contribution in [0.2, 0.25) is 0 Å². The van der Waals surface area contributed by atoms with Gasteiger partial charge in [0.2, 0.25) is 5.95 Å². The van der Waals surface area contributed by atoms with Gasteiger partial charge in [-0.05, 0) is 18.6 Å². The molecular formula is C11H14FNO3S. The van der Waals surface area contributed by atoms with Gasteiger partial charge in [-0.1, -0.05) is 11.8 Å². The Morgan fingerprint density at radius 1 is 1.59 bits per heavy atom. The minimum atomic E-state index is -1.22. The minimum absolute atomic E-state index is 0.0693. The summed E-state index contributed by atoms with van der Waals surface area (Å²) in [5.41, 5.74) is 0.487. The predicted octanol–water partition coefficient (Wildman–Crippen LogP) is 1.20. The molecule has 0 saturated carbocycles. The number of aliphatic hydroxyl groups excluding tert-OH is 2. The molecule has 1 heterocycles. The van der Waals surface area contributed by atoms with E-state index in [2.05, 4.69) is 4.98 Å². The first-order chi connectivity index (χ1) is 7.93. The van der Waals surface area contributed by atoms with Gasteiger partial charge in [-0.25, -0.2) is 4.98 Å². The number of aliphatic hydroxyl groups is 2. The molecule has 0 aliphatic heterocycles. The van der Waals surface area contributed by atoms with Gasteiger partial charge in [0.25, 0.3) is 0 Å². The maximum atomic E-state index is 13.2. The maximum absolute atomic E-state index is 13.2. The number of thioether (sulfide) groups is 1. The Kier molecular flexibility index (Phi) is 5.04. The highest BCUT2D eigenvalue weighted by Gasteiger charge is 2.22. The molecule has 1 rings (SSSR count). The van der Waals surface area contributed by atoms with E-state index in [1.165, 1.54) is 26.1 Å². The molecule has 0 saturated heterocycles. The summed E-state index contributed by atoms with van der Waals surface area (Å²) in [4.78, 5) is 14.2. The van der Waals surface area contributed by atoms with Gasteiger partial charge in [0.05, 0.1) is 6.10 Å². The number of hydrogen-bond acceptors (Lipinski definition) is 5. The molecule has 17 heavy (non-hydrogen) atoms. The summed E-state index contributed by atoms with van der Waals surface area (Å²) in [5.74, 6) is -0.604. The van der Waals surface area contributed by atoms with Gasteiger partial charge in [-0.15, -0.1) is 0 Å². The number of halogens is 1. The Bertz CT molecular complexity index is 414. The monoisotopic (exact) mass is 259 g/mol. The van der Waals surface area contributed by atoms with Crippen LogP contribution in [0.25, 0.3) is 0 Å². The van der Waals surface area contributed by atoms with Gasteiger partial charge in [0.1, 0.15) is 6.10 Å². The van der Waals surface area contributed by atoms with Gasteiger partial charge in [0, 0.05) is 24.4 Å². The molecule has 0 aliphatic rings. The van der Waals surface area contributed by atoms with Crippen molar-refractivity contribution in [2.45, 2.75) is 26.1 Å². The summed E-state index contributed by atoms with van der Waals surface area (Å²) in [6, 6.07) is 1.45. The average Bonchev–Trinajstić information content (AvgIpc) is 2.28. The molecule has 0 spiro atoms. The smallest absolute Gasteiger partial charge is 0.216 e. The van der Waals surface area contributed by atoms with Crippen LogP contribution < -0.4 is 0 Å². The Morgan fingerprint density at radius 2 is 2.24 bits per heavy atom. The number of carbonyl (C=O) groups excluding carboxylic acids is 1. The number of rotatable bonds is 4. The number of carbonyl (C=O) groups is 1. The molecule has 94 valence electrons. The van der Waals surface area contributed by atoms with Crippen molar-refractivity contribution in [2.75, 3.05) is 5.75 Å². The quantitative estimate of drug-likeness (QED) is 0.795. The van der Waals surface area contributed by atoms with Crippen LogP contribution in [0.1, 0.15) is 24.2 Å². The summed E-state index contributed by atoms with van der Waals surface area (Å²) >= 11 is 0.914. The number of pyridine rings is 1. The molecule has 0 fully saturated rings. The zero-order valence-electron chi connectivity index (χ0n) is 9.55. The van der Waals surface area contributed by atoms with Crippen LogP contribution in [0, 0.1) is 12.9 Å². The highest BCUT2D eigenvalue weighted by molar-refractivity contribution is 8.13. The molecule has 4 nitrogen and oxygen atoms in total. The van der Waals surface area contributed by atoms with Crippen LogP contribution in [0.3, 0.4) is 0 Å². The normalized spacial score (nSPS) is 14.4. The summed E-state index contributed by atoms with van der Waals surface area (Å²) < 4.78 is 13.2. The average molecular weight is 259 g/mol. The van der Waals surface area contributed by atoms with Crippen molar-refractivity contribution in [3.63, 3.8) is 0 Å². The Balaban J connectivity index is 2.77. The highest BCUT2D eigenvalue weighted by atomic mass is 32.2. The summed E-state index contributed by atoms with van der Waals surface area (Å²) in [7, 11) is 0. The number of hydrogen-bond donors (Lipinski definition) is 2. The fourth-order valence-electron chi connectivity index (χ4n) is 1.35. The Morgan fingerprint density at radius 3 is 2.82 bits per heavy atom. The second kappa shape index (κ2) is 6.09. The van der Waals surface area contributed by atoms with E-state index >= 15 is 0 Å². The van der Waals surface area contributed by atoms with Gasteiger partial charge < -0.3 is 10.2 Å². The van der Waals surface area contributed by atoms with E-state index in [4.69, 9.17) is 0 Å². The van der Waals surface area contributed by atoms with Crippen molar-refractivity contribution in [3.8, 4) is 0 Å². The van der Waals surface area contributed by atoms with E-state index in [1.54, 1.807) is 0 Å². The van der Waals surface area contributed by atoms with E-state index in [-0.39, 0.29) is 22.0 Å². The molecule has 2 N–H and O–H groups in total. The summed E-state index contributed by atoms with van der Waals surface area (Å²) in [5, 5.41) is 19.4. The number of aromatic nitrogens is 1. The molecule has 0 bridgehead atoms. The zero-order chi connectivity index (χ0) is 13.0. The van der Waals surface area contributed by atoms with Crippen molar-refractivity contribution in [1.29, 1.82) is 0 Å². The molecular weight excluding hydrogens is 245 g/mol. The van der Waals surface area contributed by atoms with Crippen LogP contribution in [-0.2, 0) is 4.79 Å². The lowest BCUT2D eigenvalue weighted by Gasteiger charge is -2.19. The third kappa shape index (κ3) is 3.76. The Labute approximate surface area is 103 Å². The number of nitrogens with zero attached hydrogens (tertiary/aromatic N) is 1. The minimum Gasteiger partial charge on any atom is -0.389 e. The van der Waals surface area contributed by atoms with E-state index in [1.807, 2.05) is 0 Å². The second-order valence-corrected chi connectivity index (χ2v) is 4.83. The topological polar surface area (TPSA) is 70.4 Å². The molecule has 6 heteroatoms. The third-order valence-corrected chi connectivity index (χ3v) is 3.24. The van der Waals surface area contributed by atoms with Crippen LogP contribution in [0.5, 0.6) is 0 Å². The van der Waals surface area contributed by atoms with Gasteiger partial charge in [0.15, 0.2) is 5.12 Å². The molecule has 1 aromatic heterocycles. The summed E-state index contributed by atoms with van der Waals surface area (Å²) in [6.45, 7) is 2.85. The third-order valence-electron chi connectivity index (χ3n) is 2.32. The lowest BCUT2D eigenvalue weighted by molar-refractivity contribution is -0.109. The van der Waals surface area contributed by atoms with Gasteiger partial charge >= 0.3 is 0 Å². The van der Waals surface area contributed by atoms with Gasteiger partial charge in [-0.3, -0.25) is 4.79 Å². The van der Waals surface area contributed by atoms with Crippen molar-refractivity contribution in [2.24, 2.45) is 0 Å². The molecule has 0 radical (unpaired) electrons. The molecule has 0 aromatic carbocycles. The van der Waals surface area contributed by atoms with Crippen molar-refractivity contribution >= 4 is 16.9 Å². The van der Waals surface area contributed by atoms with Crippen LogP contribution >= 0.6 is 11.8 Å². The van der Waals surface area contributed by atoms with Crippen LogP contribution in [-0.4, -0.2) is 32.2 Å². The van der Waals surface area contributed by atoms with E-state index in [0.717, 1.165) is 11.8 Å². The second-order valence-electron chi connectivity index (χ2n) is 3.63. The van der Waals surface area contributed by atoms with E-state index in [9.17, 15) is 19.4 Å². The lowest BCUT2D eigenvalue weighted by atomic mass is 10.0. The molecule has 0 amide bonds. The van der Waals surface area contributed by atoms with Crippen molar-refractivity contribution in [1.82, 2.24) is 4.98 Å². The molecule has 2 atom stereocenters. The molecule has 1 aromatic rings. The van der Waals surface area contributed by atoms with E-state index < -0.39 is 18.2 Å². The SMILES string of the molecule is CC(=O)SCC(O)C(O)c1ccnc(F)c1C. The van der Waals surface area contributed by atoms with Crippen LogP contribution in [0.15, 0.2) is 12.3 Å².